The molecule has 23 heavy (non-hydrogen) atoms. The highest BCUT2D eigenvalue weighted by Crippen LogP contribution is 2.33. The number of piperidine rings is 1. The van der Waals surface area contributed by atoms with Gasteiger partial charge in [0.05, 0.1) is 5.02 Å². The van der Waals surface area contributed by atoms with Crippen molar-refractivity contribution in [2.75, 3.05) is 13.1 Å². The van der Waals surface area contributed by atoms with E-state index in [1.807, 2.05) is 4.90 Å². The number of amides is 1. The molecule has 0 spiro atoms. The van der Waals surface area contributed by atoms with Crippen molar-refractivity contribution in [1.82, 2.24) is 4.90 Å². The summed E-state index contributed by atoms with van der Waals surface area (Å²) in [6.07, 6.45) is 0.171. The number of hydrogen-bond donors (Lipinski definition) is 1. The average Bonchev–Trinajstić information content (AvgIpc) is 2.46. The molecule has 0 aromatic heterocycles. The van der Waals surface area contributed by atoms with Gasteiger partial charge in [-0.05, 0) is 30.9 Å². The number of likely N-dealkylation sites (tertiary alicyclic amines) is 1. The lowest BCUT2D eigenvalue weighted by molar-refractivity contribution is -0.141. The number of hydrogen-bond acceptors (Lipinski definition) is 3. The largest absolute Gasteiger partial charge is 0.479 e. The SMILES string of the molecule is CC(Oc1cccc(Cl)c1Cl)C(=O)N1CCC(N)C(C)(C)C1.Cl. The first-order chi connectivity index (χ1) is 10.2. The van der Waals surface area contributed by atoms with E-state index in [1.54, 1.807) is 25.1 Å². The Balaban J connectivity index is 0.00000264. The van der Waals surface area contributed by atoms with Crippen LogP contribution in [0.25, 0.3) is 0 Å². The molecule has 1 heterocycles. The van der Waals surface area contributed by atoms with E-state index in [0.717, 1.165) is 6.42 Å². The smallest absolute Gasteiger partial charge is 0.263 e. The van der Waals surface area contributed by atoms with Crippen LogP contribution in [0.15, 0.2) is 18.2 Å². The van der Waals surface area contributed by atoms with Crippen molar-refractivity contribution >= 4 is 41.5 Å². The molecular weight excluding hydrogens is 359 g/mol. The molecule has 1 aliphatic heterocycles. The molecule has 1 aliphatic rings. The first-order valence-electron chi connectivity index (χ1n) is 7.37. The van der Waals surface area contributed by atoms with Crippen LogP contribution in [-0.2, 0) is 4.79 Å². The second-order valence-electron chi connectivity index (χ2n) is 6.46. The highest BCUT2D eigenvalue weighted by Gasteiger charge is 2.37. The number of carbonyl (C=O) groups is 1. The third kappa shape index (κ3) is 4.66. The van der Waals surface area contributed by atoms with Crippen molar-refractivity contribution < 1.29 is 9.53 Å². The molecule has 7 heteroatoms. The highest BCUT2D eigenvalue weighted by molar-refractivity contribution is 6.42. The molecule has 1 saturated heterocycles. The quantitative estimate of drug-likeness (QED) is 0.867. The standard InChI is InChI=1S/C16H22Cl2N2O2.ClH/c1-10(22-12-6-4-5-11(17)14(12)18)15(21)20-8-7-13(19)16(2,3)9-20;/h4-6,10,13H,7-9,19H2,1-3H3;1H. The molecule has 1 amide bonds. The van der Waals surface area contributed by atoms with Gasteiger partial charge >= 0.3 is 0 Å². The van der Waals surface area contributed by atoms with E-state index in [0.29, 0.717) is 28.9 Å². The van der Waals surface area contributed by atoms with Crippen LogP contribution in [0.5, 0.6) is 5.75 Å². The van der Waals surface area contributed by atoms with Crippen LogP contribution < -0.4 is 10.5 Å². The number of nitrogens with two attached hydrogens (primary N) is 1. The van der Waals surface area contributed by atoms with Gasteiger partial charge in [0, 0.05) is 19.1 Å². The predicted octanol–water partition coefficient (Wildman–Crippen LogP) is 3.77. The molecule has 2 N–H and O–H groups in total. The van der Waals surface area contributed by atoms with Crippen LogP contribution >= 0.6 is 35.6 Å². The molecule has 130 valence electrons. The third-order valence-corrected chi connectivity index (χ3v) is 4.99. The summed E-state index contributed by atoms with van der Waals surface area (Å²) in [6, 6.07) is 5.23. The Labute approximate surface area is 153 Å². The lowest BCUT2D eigenvalue weighted by Gasteiger charge is -2.43. The molecule has 0 bridgehead atoms. The van der Waals surface area contributed by atoms with Crippen LogP contribution in [0.4, 0.5) is 0 Å². The summed E-state index contributed by atoms with van der Waals surface area (Å²) in [5, 5.41) is 0.730. The number of ether oxygens (including phenoxy) is 1. The topological polar surface area (TPSA) is 55.6 Å². The van der Waals surface area contributed by atoms with E-state index in [1.165, 1.54) is 0 Å². The fraction of sp³-hybridized carbons (Fsp3) is 0.562. The molecule has 4 nitrogen and oxygen atoms in total. The Morgan fingerprint density at radius 1 is 1.43 bits per heavy atom. The van der Waals surface area contributed by atoms with Crippen LogP contribution in [-0.4, -0.2) is 36.0 Å². The van der Waals surface area contributed by atoms with Gasteiger partial charge in [0.25, 0.3) is 5.91 Å². The van der Waals surface area contributed by atoms with Crippen LogP contribution in [0, 0.1) is 5.41 Å². The molecule has 0 saturated carbocycles. The van der Waals surface area contributed by atoms with Crippen molar-refractivity contribution in [1.29, 1.82) is 0 Å². The van der Waals surface area contributed by atoms with E-state index in [9.17, 15) is 4.79 Å². The second-order valence-corrected chi connectivity index (χ2v) is 7.24. The van der Waals surface area contributed by atoms with Crippen molar-refractivity contribution in [3.8, 4) is 5.75 Å². The highest BCUT2D eigenvalue weighted by atomic mass is 35.5. The first-order valence-corrected chi connectivity index (χ1v) is 8.13. The summed E-state index contributed by atoms with van der Waals surface area (Å²) >= 11 is 12.1. The Kier molecular flexibility index (Phi) is 7.02. The predicted molar refractivity (Wildman–Crippen MR) is 96.8 cm³/mol. The van der Waals surface area contributed by atoms with Crippen LogP contribution in [0.1, 0.15) is 27.2 Å². The molecule has 0 radical (unpaired) electrons. The normalized spacial score (nSPS) is 21.3. The molecule has 2 unspecified atom stereocenters. The maximum absolute atomic E-state index is 12.6. The minimum absolute atomic E-state index is 0. The molecule has 2 atom stereocenters. The molecule has 0 aliphatic carbocycles. The lowest BCUT2D eigenvalue weighted by Crippen LogP contribution is -2.56. The van der Waals surface area contributed by atoms with Crippen molar-refractivity contribution in [2.24, 2.45) is 11.1 Å². The molecular formula is C16H23Cl3N2O2. The van der Waals surface area contributed by atoms with E-state index in [-0.39, 0.29) is 29.8 Å². The van der Waals surface area contributed by atoms with Gasteiger partial charge in [-0.2, -0.15) is 0 Å². The zero-order valence-electron chi connectivity index (χ0n) is 13.5. The number of benzene rings is 1. The van der Waals surface area contributed by atoms with E-state index in [4.69, 9.17) is 33.7 Å². The van der Waals surface area contributed by atoms with Crippen molar-refractivity contribution in [2.45, 2.75) is 39.3 Å². The number of rotatable bonds is 3. The van der Waals surface area contributed by atoms with Gasteiger partial charge in [-0.3, -0.25) is 4.79 Å². The number of nitrogens with zero attached hydrogens (tertiary/aromatic N) is 1. The van der Waals surface area contributed by atoms with Crippen LogP contribution in [0.2, 0.25) is 10.0 Å². The van der Waals surface area contributed by atoms with Crippen molar-refractivity contribution in [3.05, 3.63) is 28.2 Å². The van der Waals surface area contributed by atoms with Crippen LogP contribution in [0.3, 0.4) is 0 Å². The maximum atomic E-state index is 12.6. The van der Waals surface area contributed by atoms with Gasteiger partial charge in [0.2, 0.25) is 0 Å². The van der Waals surface area contributed by atoms with E-state index < -0.39 is 6.10 Å². The van der Waals surface area contributed by atoms with Gasteiger partial charge < -0.3 is 15.4 Å². The first kappa shape index (κ1) is 20.4. The second kappa shape index (κ2) is 7.93. The van der Waals surface area contributed by atoms with Gasteiger partial charge in [-0.1, -0.05) is 43.1 Å². The zero-order valence-corrected chi connectivity index (χ0v) is 15.8. The minimum Gasteiger partial charge on any atom is -0.479 e. The Morgan fingerprint density at radius 2 is 2.09 bits per heavy atom. The maximum Gasteiger partial charge on any atom is 0.263 e. The van der Waals surface area contributed by atoms with Gasteiger partial charge in [-0.15, -0.1) is 12.4 Å². The fourth-order valence-electron chi connectivity index (χ4n) is 2.63. The minimum atomic E-state index is -0.624. The summed E-state index contributed by atoms with van der Waals surface area (Å²) in [5.74, 6) is 0.360. The van der Waals surface area contributed by atoms with Crippen molar-refractivity contribution in [3.63, 3.8) is 0 Å². The average molecular weight is 382 g/mol. The Morgan fingerprint density at radius 3 is 2.70 bits per heavy atom. The summed E-state index contributed by atoms with van der Waals surface area (Å²) in [6.45, 7) is 7.17. The molecule has 2 rings (SSSR count). The molecule has 1 fully saturated rings. The molecule has 1 aromatic rings. The molecule has 1 aromatic carbocycles. The summed E-state index contributed by atoms with van der Waals surface area (Å²) in [5.41, 5.74) is 6.01. The van der Waals surface area contributed by atoms with E-state index in [2.05, 4.69) is 13.8 Å². The number of halogens is 3. The Hall–Kier alpha value is -0.680. The van der Waals surface area contributed by atoms with Gasteiger partial charge in [-0.25, -0.2) is 0 Å². The van der Waals surface area contributed by atoms with Gasteiger partial charge in [0.1, 0.15) is 10.8 Å². The fourth-order valence-corrected chi connectivity index (χ4v) is 2.97. The van der Waals surface area contributed by atoms with E-state index >= 15 is 0 Å². The van der Waals surface area contributed by atoms with Gasteiger partial charge in [0.15, 0.2) is 6.10 Å². The third-order valence-electron chi connectivity index (χ3n) is 4.19. The summed E-state index contributed by atoms with van der Waals surface area (Å²) in [7, 11) is 0. The Bertz CT molecular complexity index is 566. The lowest BCUT2D eigenvalue weighted by atomic mass is 9.79. The summed E-state index contributed by atoms with van der Waals surface area (Å²) in [4.78, 5) is 14.4. The monoisotopic (exact) mass is 380 g/mol. The number of carbonyl (C=O) groups excluding carboxylic acids is 1. The summed E-state index contributed by atoms with van der Waals surface area (Å²) < 4.78 is 5.70. The zero-order chi connectivity index (χ0) is 16.5.